The van der Waals surface area contributed by atoms with Gasteiger partial charge in [-0.3, -0.25) is 0 Å². The summed E-state index contributed by atoms with van der Waals surface area (Å²) in [6.45, 7) is 3.56. The number of rotatable bonds is 3. The van der Waals surface area contributed by atoms with Crippen molar-refractivity contribution in [3.8, 4) is 12.3 Å². The molecule has 1 atom stereocenters. The predicted octanol–water partition coefficient (Wildman–Crippen LogP) is -0.0589. The van der Waals surface area contributed by atoms with Gasteiger partial charge in [-0.05, 0) is 13.8 Å². The Kier molecular flexibility index (Phi) is 3.63. The van der Waals surface area contributed by atoms with Crippen molar-refractivity contribution in [1.29, 1.82) is 0 Å². The summed E-state index contributed by atoms with van der Waals surface area (Å²) in [5.41, 5.74) is -2.18. The number of nitrogens with one attached hydrogen (secondary N) is 2. The number of aliphatic carboxylic acids is 1. The Labute approximate surface area is 99.7 Å². The largest absolute Gasteiger partial charge is 0.479 e. The fourth-order valence-corrected chi connectivity index (χ4v) is 1.45. The number of urea groups is 1. The van der Waals surface area contributed by atoms with Gasteiger partial charge >= 0.3 is 12.0 Å². The van der Waals surface area contributed by atoms with Crippen LogP contribution >= 0.6 is 0 Å². The molecule has 1 saturated heterocycles. The van der Waals surface area contributed by atoms with Crippen LogP contribution in [0.2, 0.25) is 0 Å². The van der Waals surface area contributed by atoms with Crippen molar-refractivity contribution in [3.63, 3.8) is 0 Å². The first-order chi connectivity index (χ1) is 7.81. The number of carboxylic acids is 1. The Hall–Kier alpha value is -1.74. The van der Waals surface area contributed by atoms with Gasteiger partial charge in [0.2, 0.25) is 0 Å². The summed E-state index contributed by atoms with van der Waals surface area (Å²) in [5.74, 6) is 1.28. The molecule has 0 aromatic carbocycles. The first kappa shape index (κ1) is 13.3. The maximum Gasteiger partial charge on any atom is 0.332 e. The Morgan fingerprint density at radius 2 is 2.18 bits per heavy atom. The molecule has 1 aliphatic rings. The number of carboxylic acid groups (broad SMARTS) is 1. The van der Waals surface area contributed by atoms with Crippen molar-refractivity contribution in [1.82, 2.24) is 10.6 Å². The second-order valence-electron chi connectivity index (χ2n) is 4.54. The van der Waals surface area contributed by atoms with Crippen LogP contribution in [0, 0.1) is 12.3 Å². The van der Waals surface area contributed by atoms with Crippen molar-refractivity contribution in [2.75, 3.05) is 13.2 Å². The molecule has 1 fully saturated rings. The third kappa shape index (κ3) is 3.11. The monoisotopic (exact) mass is 240 g/mol. The van der Waals surface area contributed by atoms with Crippen molar-refractivity contribution < 1.29 is 19.4 Å². The molecule has 6 nitrogen and oxygen atoms in total. The molecule has 6 heteroatoms. The molecule has 0 bridgehead atoms. The van der Waals surface area contributed by atoms with Crippen LogP contribution in [0.4, 0.5) is 4.79 Å². The number of terminal acetylenes is 1. The Morgan fingerprint density at radius 3 is 2.59 bits per heavy atom. The van der Waals surface area contributed by atoms with Gasteiger partial charge in [0.25, 0.3) is 0 Å². The summed E-state index contributed by atoms with van der Waals surface area (Å²) in [5, 5.41) is 14.0. The fraction of sp³-hybridized carbons (Fsp3) is 0.636. The van der Waals surface area contributed by atoms with Crippen molar-refractivity contribution >= 4 is 12.0 Å². The van der Waals surface area contributed by atoms with Crippen molar-refractivity contribution in [2.45, 2.75) is 31.3 Å². The molecule has 0 saturated carbocycles. The normalized spacial score (nSPS) is 23.8. The molecule has 0 spiro atoms. The van der Waals surface area contributed by atoms with E-state index in [1.165, 1.54) is 0 Å². The fourth-order valence-electron chi connectivity index (χ4n) is 1.45. The number of hydrogen-bond acceptors (Lipinski definition) is 3. The van der Waals surface area contributed by atoms with Gasteiger partial charge < -0.3 is 20.5 Å². The minimum absolute atomic E-state index is 0.0355. The maximum atomic E-state index is 11.6. The molecule has 1 heterocycles. The first-order valence-corrected chi connectivity index (χ1v) is 5.20. The average Bonchev–Trinajstić information content (AvgIpc) is 2.66. The summed E-state index contributed by atoms with van der Waals surface area (Å²) < 4.78 is 5.02. The number of amides is 2. The van der Waals surface area contributed by atoms with E-state index < -0.39 is 23.1 Å². The number of hydrogen-bond donors (Lipinski definition) is 3. The number of carbonyl (C=O) groups is 2. The third-order valence-electron chi connectivity index (χ3n) is 2.57. The molecule has 0 radical (unpaired) electrons. The molecule has 1 unspecified atom stereocenters. The van der Waals surface area contributed by atoms with Gasteiger partial charge in [0.05, 0.1) is 12.1 Å². The molecule has 0 aromatic rings. The van der Waals surface area contributed by atoms with Crippen molar-refractivity contribution in [3.05, 3.63) is 0 Å². The molecule has 94 valence electrons. The highest BCUT2D eigenvalue weighted by molar-refractivity contribution is 5.87. The minimum atomic E-state index is -1.35. The number of carbonyl (C=O) groups excluding carboxylic acids is 1. The van der Waals surface area contributed by atoms with Gasteiger partial charge in [0.1, 0.15) is 0 Å². The van der Waals surface area contributed by atoms with E-state index in [0.717, 1.165) is 0 Å². The predicted molar refractivity (Wildman–Crippen MR) is 60.4 cm³/mol. The van der Waals surface area contributed by atoms with Crippen LogP contribution in [-0.2, 0) is 9.53 Å². The van der Waals surface area contributed by atoms with Gasteiger partial charge in [0, 0.05) is 13.0 Å². The van der Waals surface area contributed by atoms with E-state index in [1.54, 1.807) is 13.8 Å². The summed E-state index contributed by atoms with van der Waals surface area (Å²) in [7, 11) is 0. The van der Waals surface area contributed by atoms with Gasteiger partial charge in [-0.15, -0.1) is 6.42 Å². The SMILES string of the molecule is C#CC(C)(C)NC(=O)NC1(C(=O)O)CCOC1. The Bertz CT molecular complexity index is 364. The topological polar surface area (TPSA) is 87.7 Å². The highest BCUT2D eigenvalue weighted by Gasteiger charge is 2.44. The summed E-state index contributed by atoms with van der Waals surface area (Å²) >= 11 is 0. The van der Waals surface area contributed by atoms with Gasteiger partial charge in [-0.1, -0.05) is 5.92 Å². The van der Waals surface area contributed by atoms with Gasteiger partial charge in [0.15, 0.2) is 5.54 Å². The smallest absolute Gasteiger partial charge is 0.332 e. The standard InChI is InChI=1S/C11H16N2O4/c1-4-10(2,3)12-9(16)13-11(8(14)15)5-6-17-7-11/h1H,5-7H2,2-3H3,(H,14,15)(H2,12,13,16). The molecule has 1 aliphatic heterocycles. The minimum Gasteiger partial charge on any atom is -0.479 e. The second-order valence-corrected chi connectivity index (χ2v) is 4.54. The summed E-state index contributed by atoms with van der Waals surface area (Å²) in [6.07, 6.45) is 5.46. The molecular formula is C11H16N2O4. The Balaban J connectivity index is 2.67. The lowest BCUT2D eigenvalue weighted by atomic mass is 9.99. The van der Waals surface area contributed by atoms with E-state index in [1.807, 2.05) is 0 Å². The van der Waals surface area contributed by atoms with Gasteiger partial charge in [-0.25, -0.2) is 9.59 Å². The quantitative estimate of drug-likeness (QED) is 0.603. The highest BCUT2D eigenvalue weighted by atomic mass is 16.5. The number of ether oxygens (including phenoxy) is 1. The molecular weight excluding hydrogens is 224 g/mol. The maximum absolute atomic E-state index is 11.6. The zero-order valence-electron chi connectivity index (χ0n) is 9.87. The second kappa shape index (κ2) is 4.63. The zero-order chi connectivity index (χ0) is 13.1. The van der Waals surface area contributed by atoms with Gasteiger partial charge in [-0.2, -0.15) is 0 Å². The van der Waals surface area contributed by atoms with Crippen LogP contribution in [-0.4, -0.2) is 41.4 Å². The Morgan fingerprint density at radius 1 is 1.53 bits per heavy atom. The van der Waals surface area contributed by atoms with E-state index >= 15 is 0 Å². The van der Waals surface area contributed by atoms with Crippen LogP contribution < -0.4 is 10.6 Å². The summed E-state index contributed by atoms with van der Waals surface area (Å²) in [6, 6.07) is -0.610. The van der Waals surface area contributed by atoms with E-state index in [4.69, 9.17) is 16.3 Å². The first-order valence-electron chi connectivity index (χ1n) is 5.20. The van der Waals surface area contributed by atoms with E-state index in [2.05, 4.69) is 16.6 Å². The van der Waals surface area contributed by atoms with Crippen LogP contribution in [0.1, 0.15) is 20.3 Å². The molecule has 0 aliphatic carbocycles. The lowest BCUT2D eigenvalue weighted by Crippen LogP contribution is -2.60. The molecule has 3 N–H and O–H groups in total. The van der Waals surface area contributed by atoms with E-state index in [0.29, 0.717) is 6.61 Å². The highest BCUT2D eigenvalue weighted by Crippen LogP contribution is 2.18. The molecule has 17 heavy (non-hydrogen) atoms. The average molecular weight is 240 g/mol. The van der Waals surface area contributed by atoms with E-state index in [-0.39, 0.29) is 13.0 Å². The molecule has 0 aromatic heterocycles. The third-order valence-corrected chi connectivity index (χ3v) is 2.57. The zero-order valence-corrected chi connectivity index (χ0v) is 9.87. The van der Waals surface area contributed by atoms with E-state index in [9.17, 15) is 9.59 Å². The summed E-state index contributed by atoms with van der Waals surface area (Å²) in [4.78, 5) is 22.8. The lowest BCUT2D eigenvalue weighted by Gasteiger charge is -2.27. The molecule has 1 rings (SSSR count). The van der Waals surface area contributed by atoms with Crippen LogP contribution in [0.5, 0.6) is 0 Å². The van der Waals surface area contributed by atoms with Crippen LogP contribution in [0.3, 0.4) is 0 Å². The van der Waals surface area contributed by atoms with Crippen LogP contribution in [0.15, 0.2) is 0 Å². The van der Waals surface area contributed by atoms with Crippen LogP contribution in [0.25, 0.3) is 0 Å². The lowest BCUT2D eigenvalue weighted by molar-refractivity contribution is -0.144. The molecule has 2 amide bonds. The van der Waals surface area contributed by atoms with Crippen molar-refractivity contribution in [2.24, 2.45) is 0 Å².